The largest absolute Gasteiger partial charge is 0.359 e. The minimum atomic E-state index is 0.255. The molecule has 0 spiro atoms. The van der Waals surface area contributed by atoms with E-state index in [1.165, 1.54) is 42.5 Å². The molecule has 1 aliphatic carbocycles. The Bertz CT molecular complexity index is 807. The minimum Gasteiger partial charge on any atom is -0.359 e. The van der Waals surface area contributed by atoms with Gasteiger partial charge in [-0.15, -0.1) is 11.3 Å². The van der Waals surface area contributed by atoms with Gasteiger partial charge in [0.1, 0.15) is 0 Å². The van der Waals surface area contributed by atoms with Gasteiger partial charge in [0.05, 0.1) is 17.8 Å². The van der Waals surface area contributed by atoms with E-state index in [0.29, 0.717) is 12.5 Å². The van der Waals surface area contributed by atoms with Crippen LogP contribution in [0.3, 0.4) is 0 Å². The molecule has 0 radical (unpaired) electrons. The number of thiazole rings is 1. The van der Waals surface area contributed by atoms with Crippen molar-refractivity contribution in [3.05, 3.63) is 28.6 Å². The lowest BCUT2D eigenvalue weighted by Crippen LogP contribution is -2.31. The summed E-state index contributed by atoms with van der Waals surface area (Å²) in [6, 6.07) is 5.02. The van der Waals surface area contributed by atoms with Crippen LogP contribution in [0.4, 0.5) is 10.8 Å². The molecule has 0 bridgehead atoms. The van der Waals surface area contributed by atoms with Crippen LogP contribution in [0.25, 0.3) is 11.3 Å². The molecule has 0 atom stereocenters. The second kappa shape index (κ2) is 5.59. The van der Waals surface area contributed by atoms with Crippen molar-refractivity contribution < 1.29 is 4.79 Å². The summed E-state index contributed by atoms with van der Waals surface area (Å²) < 4.78 is 0. The molecule has 5 rings (SSSR count). The van der Waals surface area contributed by atoms with Crippen molar-refractivity contribution in [3.63, 3.8) is 0 Å². The minimum absolute atomic E-state index is 0.255. The highest BCUT2D eigenvalue weighted by Crippen LogP contribution is 2.40. The van der Waals surface area contributed by atoms with Crippen LogP contribution in [0.1, 0.15) is 43.2 Å². The van der Waals surface area contributed by atoms with E-state index in [-0.39, 0.29) is 5.91 Å². The van der Waals surface area contributed by atoms with Crippen LogP contribution in [0, 0.1) is 0 Å². The highest BCUT2D eigenvalue weighted by molar-refractivity contribution is 7.14. The maximum Gasteiger partial charge on any atom is 0.231 e. The molecule has 0 unspecified atom stereocenters. The third-order valence-corrected chi connectivity index (χ3v) is 6.26. The Balaban J connectivity index is 1.46. The summed E-state index contributed by atoms with van der Waals surface area (Å²) in [5, 5.41) is 6.76. The van der Waals surface area contributed by atoms with Crippen molar-refractivity contribution in [1.82, 2.24) is 4.98 Å². The Morgan fingerprint density at radius 1 is 1.17 bits per heavy atom. The number of amides is 1. The van der Waals surface area contributed by atoms with E-state index in [4.69, 9.17) is 4.98 Å². The third kappa shape index (κ3) is 2.34. The summed E-state index contributed by atoms with van der Waals surface area (Å²) in [6.07, 6.45) is 7.85. The Labute approximate surface area is 145 Å². The van der Waals surface area contributed by atoms with E-state index in [1.807, 2.05) is 4.90 Å². The van der Waals surface area contributed by atoms with Crippen LogP contribution in [0.15, 0.2) is 17.5 Å². The zero-order chi connectivity index (χ0) is 16.1. The second-order valence-electron chi connectivity index (χ2n) is 7.13. The Morgan fingerprint density at radius 2 is 2.00 bits per heavy atom. The van der Waals surface area contributed by atoms with Gasteiger partial charge in [0.2, 0.25) is 5.91 Å². The molecule has 5 heteroatoms. The highest BCUT2D eigenvalue weighted by atomic mass is 32.1. The fraction of sp³-hybridized carbons (Fsp3) is 0.474. The van der Waals surface area contributed by atoms with Gasteiger partial charge in [0.15, 0.2) is 5.13 Å². The lowest BCUT2D eigenvalue weighted by molar-refractivity contribution is -0.117. The summed E-state index contributed by atoms with van der Waals surface area (Å²) in [7, 11) is 0. The fourth-order valence-corrected chi connectivity index (χ4v) is 5.14. The van der Waals surface area contributed by atoms with E-state index in [9.17, 15) is 4.79 Å². The predicted molar refractivity (Wildman–Crippen MR) is 97.8 cm³/mol. The number of carbonyl (C=O) groups excluding carboxylic acids is 1. The monoisotopic (exact) mass is 339 g/mol. The maximum atomic E-state index is 12.2. The number of carbonyl (C=O) groups is 1. The van der Waals surface area contributed by atoms with Crippen molar-refractivity contribution in [2.45, 2.75) is 51.0 Å². The molecule has 1 amide bonds. The Morgan fingerprint density at radius 3 is 2.88 bits per heavy atom. The first-order valence-electron chi connectivity index (χ1n) is 8.96. The van der Waals surface area contributed by atoms with Gasteiger partial charge >= 0.3 is 0 Å². The number of nitrogens with one attached hydrogen (secondary N) is 1. The zero-order valence-corrected chi connectivity index (χ0v) is 14.5. The number of hydrogen-bond donors (Lipinski definition) is 1. The summed E-state index contributed by atoms with van der Waals surface area (Å²) in [4.78, 5) is 19.0. The van der Waals surface area contributed by atoms with Gasteiger partial charge in [-0.25, -0.2) is 4.98 Å². The van der Waals surface area contributed by atoms with Gasteiger partial charge in [-0.3, -0.25) is 4.79 Å². The molecular weight excluding hydrogens is 318 g/mol. The SMILES string of the molecule is O=C1Cc2cc(-c3csc(NC4CCCC4)n3)cc3c2N1CCC3. The Hall–Kier alpha value is -1.88. The first-order valence-corrected chi connectivity index (χ1v) is 9.84. The van der Waals surface area contributed by atoms with E-state index >= 15 is 0 Å². The van der Waals surface area contributed by atoms with Crippen molar-refractivity contribution >= 4 is 28.1 Å². The average molecular weight is 339 g/mol. The molecule has 24 heavy (non-hydrogen) atoms. The van der Waals surface area contributed by atoms with E-state index < -0.39 is 0 Å². The molecule has 3 aliphatic rings. The molecule has 1 saturated carbocycles. The number of aryl methyl sites for hydroxylation is 1. The molecule has 1 aromatic heterocycles. The third-order valence-electron chi connectivity index (χ3n) is 5.49. The number of rotatable bonds is 3. The molecule has 1 fully saturated rings. The number of nitrogens with zero attached hydrogens (tertiary/aromatic N) is 2. The van der Waals surface area contributed by atoms with E-state index in [0.717, 1.165) is 35.8 Å². The summed E-state index contributed by atoms with van der Waals surface area (Å²) in [6.45, 7) is 0.879. The fourth-order valence-electron chi connectivity index (χ4n) is 4.34. The molecule has 2 aromatic rings. The molecular formula is C19H21N3OS. The smallest absolute Gasteiger partial charge is 0.231 e. The van der Waals surface area contributed by atoms with Crippen molar-refractivity contribution in [1.29, 1.82) is 0 Å². The summed E-state index contributed by atoms with van der Waals surface area (Å²) >= 11 is 1.69. The van der Waals surface area contributed by atoms with Crippen LogP contribution in [-0.4, -0.2) is 23.5 Å². The Kier molecular flexibility index (Phi) is 3.37. The predicted octanol–water partition coefficient (Wildman–Crippen LogP) is 4.00. The first-order chi connectivity index (χ1) is 11.8. The number of aromatic nitrogens is 1. The maximum absolute atomic E-state index is 12.2. The van der Waals surface area contributed by atoms with Crippen molar-refractivity contribution in [2.75, 3.05) is 16.8 Å². The standard InChI is InChI=1S/C19H21N3OS/c23-17-10-14-9-13(8-12-4-3-7-22(17)18(12)14)16-11-24-19(21-16)20-15-5-1-2-6-15/h8-9,11,15H,1-7,10H2,(H,20,21). The summed E-state index contributed by atoms with van der Waals surface area (Å²) in [5.41, 5.74) is 5.89. The van der Waals surface area contributed by atoms with Crippen LogP contribution in [-0.2, 0) is 17.6 Å². The first kappa shape index (κ1) is 14.5. The zero-order valence-electron chi connectivity index (χ0n) is 13.7. The van der Waals surface area contributed by atoms with E-state index in [1.54, 1.807) is 11.3 Å². The van der Waals surface area contributed by atoms with Crippen LogP contribution in [0.2, 0.25) is 0 Å². The van der Waals surface area contributed by atoms with Gasteiger partial charge in [-0.05, 0) is 48.9 Å². The van der Waals surface area contributed by atoms with Crippen molar-refractivity contribution in [2.24, 2.45) is 0 Å². The van der Waals surface area contributed by atoms with Gasteiger partial charge in [0, 0.05) is 23.5 Å². The molecule has 2 aliphatic heterocycles. The van der Waals surface area contributed by atoms with Gasteiger partial charge in [0.25, 0.3) is 0 Å². The lowest BCUT2D eigenvalue weighted by atomic mass is 9.96. The lowest BCUT2D eigenvalue weighted by Gasteiger charge is -2.25. The van der Waals surface area contributed by atoms with Gasteiger partial charge < -0.3 is 10.2 Å². The van der Waals surface area contributed by atoms with E-state index in [2.05, 4.69) is 22.8 Å². The highest BCUT2D eigenvalue weighted by Gasteiger charge is 2.32. The number of hydrogen-bond acceptors (Lipinski definition) is 4. The summed E-state index contributed by atoms with van der Waals surface area (Å²) in [5.74, 6) is 0.255. The molecule has 0 saturated heterocycles. The molecule has 4 nitrogen and oxygen atoms in total. The molecule has 3 heterocycles. The van der Waals surface area contributed by atoms with Crippen molar-refractivity contribution in [3.8, 4) is 11.3 Å². The topological polar surface area (TPSA) is 45.2 Å². The quantitative estimate of drug-likeness (QED) is 0.919. The number of anilines is 2. The molecule has 1 N–H and O–H groups in total. The van der Waals surface area contributed by atoms with Crippen LogP contribution in [0.5, 0.6) is 0 Å². The van der Waals surface area contributed by atoms with Gasteiger partial charge in [-0.1, -0.05) is 12.8 Å². The molecule has 124 valence electrons. The van der Waals surface area contributed by atoms with Gasteiger partial charge in [-0.2, -0.15) is 0 Å². The van der Waals surface area contributed by atoms with Crippen LogP contribution >= 0.6 is 11.3 Å². The number of benzene rings is 1. The molecule has 1 aromatic carbocycles. The normalized spacial score (nSPS) is 19.8. The van der Waals surface area contributed by atoms with Crippen LogP contribution < -0.4 is 10.2 Å². The average Bonchev–Trinajstić information content (AvgIpc) is 3.31. The second-order valence-corrected chi connectivity index (χ2v) is 7.99.